The Bertz CT molecular complexity index is 822. The number of aliphatic carboxylic acids is 2. The van der Waals surface area contributed by atoms with E-state index in [1.165, 1.54) is 295 Å². The first-order valence-electron chi connectivity index (χ1n) is 26.7. The number of hydrogen-bond donors (Lipinski definition) is 2. The second kappa shape index (κ2) is 51.8. The molecule has 0 aliphatic rings. The SMILES string of the molecule is O=C(O)/C=C/CCCCCCCCCCCCCCCCCCCCCCCCCCCCCCCCCCCCCCCCCCCCCCCCCCC(=O)O. The fourth-order valence-corrected chi connectivity index (χ4v) is 8.85. The maximum atomic E-state index is 10.5. The summed E-state index contributed by atoms with van der Waals surface area (Å²) in [5.41, 5.74) is 0. The van der Waals surface area contributed by atoms with Crippen LogP contribution in [0.2, 0.25) is 0 Å². The van der Waals surface area contributed by atoms with E-state index in [2.05, 4.69) is 0 Å². The van der Waals surface area contributed by atoms with Gasteiger partial charge in [-0.25, -0.2) is 4.79 Å². The number of allylic oxidation sites excluding steroid dienone is 1. The predicted molar refractivity (Wildman–Crippen MR) is 255 cm³/mol. The van der Waals surface area contributed by atoms with Gasteiger partial charge in [0.1, 0.15) is 0 Å². The summed E-state index contributed by atoms with van der Waals surface area (Å²) >= 11 is 0. The van der Waals surface area contributed by atoms with Gasteiger partial charge >= 0.3 is 11.9 Å². The lowest BCUT2D eigenvalue weighted by Gasteiger charge is -2.05. The van der Waals surface area contributed by atoms with Crippen molar-refractivity contribution in [1.29, 1.82) is 0 Å². The molecular weight excluding hydrogens is 713 g/mol. The highest BCUT2D eigenvalue weighted by molar-refractivity contribution is 5.79. The second-order valence-corrected chi connectivity index (χ2v) is 18.6. The van der Waals surface area contributed by atoms with Crippen molar-refractivity contribution in [2.24, 2.45) is 0 Å². The fourth-order valence-electron chi connectivity index (χ4n) is 8.85. The zero-order valence-corrected chi connectivity index (χ0v) is 39.2. The van der Waals surface area contributed by atoms with E-state index in [-0.39, 0.29) is 0 Å². The smallest absolute Gasteiger partial charge is 0.327 e. The summed E-state index contributed by atoms with van der Waals surface area (Å²) in [6.07, 6.45) is 71.6. The molecule has 0 heterocycles. The standard InChI is InChI=1S/C54H104O4/c55-53(56)51-49-47-45-43-41-39-37-35-33-31-29-27-25-23-21-19-17-15-13-11-9-7-5-3-1-2-4-6-8-10-12-14-16-18-20-22-24-26-28-30-32-34-36-38-40-42-44-46-48-50-52-54(57)58/h49,51H,1-48,50,52H2,(H,55,56)(H,57,58)/b51-49+. The van der Waals surface area contributed by atoms with Crippen molar-refractivity contribution in [3.63, 3.8) is 0 Å². The Morgan fingerprint density at radius 2 is 0.397 bits per heavy atom. The van der Waals surface area contributed by atoms with Gasteiger partial charge in [0.05, 0.1) is 0 Å². The van der Waals surface area contributed by atoms with Gasteiger partial charge in [0.15, 0.2) is 0 Å². The molecule has 0 amide bonds. The molecule has 344 valence electrons. The first kappa shape index (κ1) is 56.7. The van der Waals surface area contributed by atoms with Crippen LogP contribution < -0.4 is 0 Å². The molecule has 0 aromatic carbocycles. The van der Waals surface area contributed by atoms with Crippen molar-refractivity contribution in [2.45, 2.75) is 321 Å². The van der Waals surface area contributed by atoms with Crippen LogP contribution in [0.4, 0.5) is 0 Å². The Morgan fingerprint density at radius 1 is 0.241 bits per heavy atom. The van der Waals surface area contributed by atoms with E-state index < -0.39 is 11.9 Å². The molecule has 0 aliphatic carbocycles. The molecule has 4 heteroatoms. The van der Waals surface area contributed by atoms with E-state index in [1.807, 2.05) is 0 Å². The summed E-state index contributed by atoms with van der Waals surface area (Å²) in [4.78, 5) is 20.9. The molecule has 0 saturated heterocycles. The summed E-state index contributed by atoms with van der Waals surface area (Å²) < 4.78 is 0. The van der Waals surface area contributed by atoms with Crippen LogP contribution in [0.5, 0.6) is 0 Å². The minimum absolute atomic E-state index is 0.343. The first-order chi connectivity index (χ1) is 28.6. The Morgan fingerprint density at radius 3 is 0.552 bits per heavy atom. The summed E-state index contributed by atoms with van der Waals surface area (Å²) in [5.74, 6) is -1.48. The molecule has 0 unspecified atom stereocenters. The predicted octanol–water partition coefficient (Wildman–Crippen LogP) is 19.2. The van der Waals surface area contributed by atoms with Crippen molar-refractivity contribution in [1.82, 2.24) is 0 Å². The first-order valence-corrected chi connectivity index (χ1v) is 26.7. The normalized spacial score (nSPS) is 11.7. The molecule has 0 radical (unpaired) electrons. The van der Waals surface area contributed by atoms with Crippen LogP contribution in [-0.2, 0) is 9.59 Å². The minimum atomic E-state index is -0.829. The quantitative estimate of drug-likeness (QED) is 0.0474. The van der Waals surface area contributed by atoms with Gasteiger partial charge in [-0.1, -0.05) is 301 Å². The summed E-state index contributed by atoms with van der Waals surface area (Å²) in [7, 11) is 0. The van der Waals surface area contributed by atoms with Crippen molar-refractivity contribution in [3.8, 4) is 0 Å². The maximum Gasteiger partial charge on any atom is 0.327 e. The zero-order valence-electron chi connectivity index (χ0n) is 39.2. The zero-order chi connectivity index (χ0) is 41.9. The number of rotatable bonds is 52. The van der Waals surface area contributed by atoms with Crippen LogP contribution in [0.1, 0.15) is 321 Å². The van der Waals surface area contributed by atoms with Crippen LogP contribution in [0.25, 0.3) is 0 Å². The van der Waals surface area contributed by atoms with Crippen LogP contribution in [-0.4, -0.2) is 22.2 Å². The summed E-state index contributed by atoms with van der Waals surface area (Å²) in [6, 6.07) is 0. The molecule has 0 aromatic heterocycles. The third kappa shape index (κ3) is 54.7. The lowest BCUT2D eigenvalue weighted by atomic mass is 10.0. The van der Waals surface area contributed by atoms with Gasteiger partial charge in [-0.05, 0) is 19.3 Å². The lowest BCUT2D eigenvalue weighted by molar-refractivity contribution is -0.137. The van der Waals surface area contributed by atoms with Gasteiger partial charge in [-0.15, -0.1) is 0 Å². The molecule has 0 fully saturated rings. The van der Waals surface area contributed by atoms with Gasteiger partial charge in [-0.2, -0.15) is 0 Å². The Kier molecular flexibility index (Phi) is 50.6. The fraction of sp³-hybridized carbons (Fsp3) is 0.926. The third-order valence-electron chi connectivity index (χ3n) is 12.8. The van der Waals surface area contributed by atoms with E-state index >= 15 is 0 Å². The Labute approximate surface area is 363 Å². The van der Waals surface area contributed by atoms with Crippen LogP contribution in [0, 0.1) is 0 Å². The molecule has 0 aromatic rings. The molecule has 0 spiro atoms. The minimum Gasteiger partial charge on any atom is -0.481 e. The maximum absolute atomic E-state index is 10.5. The highest BCUT2D eigenvalue weighted by Gasteiger charge is 2.00. The van der Waals surface area contributed by atoms with Crippen molar-refractivity contribution in [2.75, 3.05) is 0 Å². The molecule has 2 N–H and O–H groups in total. The average Bonchev–Trinajstić information content (AvgIpc) is 3.21. The number of carboxylic acids is 2. The van der Waals surface area contributed by atoms with Crippen molar-refractivity contribution < 1.29 is 19.8 Å². The molecule has 4 nitrogen and oxygen atoms in total. The number of unbranched alkanes of at least 4 members (excludes halogenated alkanes) is 48. The molecule has 0 atom stereocenters. The van der Waals surface area contributed by atoms with Gasteiger partial charge in [0, 0.05) is 12.5 Å². The van der Waals surface area contributed by atoms with Crippen LogP contribution in [0.15, 0.2) is 12.2 Å². The van der Waals surface area contributed by atoms with E-state index in [4.69, 9.17) is 10.2 Å². The van der Waals surface area contributed by atoms with Gasteiger partial charge in [0.25, 0.3) is 0 Å². The molecule has 0 bridgehead atoms. The molecule has 0 aliphatic heterocycles. The number of carbonyl (C=O) groups is 2. The molecular formula is C54H104O4. The molecule has 0 rings (SSSR count). The lowest BCUT2D eigenvalue weighted by Crippen LogP contribution is -1.93. The van der Waals surface area contributed by atoms with Crippen LogP contribution >= 0.6 is 0 Å². The monoisotopic (exact) mass is 817 g/mol. The highest BCUT2D eigenvalue weighted by Crippen LogP contribution is 2.19. The molecule has 58 heavy (non-hydrogen) atoms. The number of hydrogen-bond acceptors (Lipinski definition) is 2. The van der Waals surface area contributed by atoms with Crippen molar-refractivity contribution in [3.05, 3.63) is 12.2 Å². The molecule has 0 saturated carbocycles. The topological polar surface area (TPSA) is 74.6 Å². The van der Waals surface area contributed by atoms with Gasteiger partial charge in [0.2, 0.25) is 0 Å². The second-order valence-electron chi connectivity index (χ2n) is 18.6. The van der Waals surface area contributed by atoms with Crippen molar-refractivity contribution >= 4 is 11.9 Å². The van der Waals surface area contributed by atoms with Gasteiger partial charge in [-0.3, -0.25) is 4.79 Å². The third-order valence-corrected chi connectivity index (χ3v) is 12.8. The van der Waals surface area contributed by atoms with Gasteiger partial charge < -0.3 is 10.2 Å². The number of carboxylic acid groups (broad SMARTS) is 2. The van der Waals surface area contributed by atoms with E-state index in [1.54, 1.807) is 6.08 Å². The van der Waals surface area contributed by atoms with E-state index in [0.29, 0.717) is 6.42 Å². The van der Waals surface area contributed by atoms with E-state index in [0.717, 1.165) is 25.7 Å². The van der Waals surface area contributed by atoms with Crippen LogP contribution in [0.3, 0.4) is 0 Å². The summed E-state index contributed by atoms with van der Waals surface area (Å²) in [5, 5.41) is 17.2. The largest absolute Gasteiger partial charge is 0.481 e. The highest BCUT2D eigenvalue weighted by atomic mass is 16.4. The Hall–Kier alpha value is -1.32. The summed E-state index contributed by atoms with van der Waals surface area (Å²) in [6.45, 7) is 0. The van der Waals surface area contributed by atoms with E-state index in [9.17, 15) is 9.59 Å². The average molecular weight is 817 g/mol. The Balaban J connectivity index is 3.07.